The third kappa shape index (κ3) is 9.91. The van der Waals surface area contributed by atoms with E-state index in [2.05, 4.69) is 0 Å². The zero-order chi connectivity index (χ0) is 28.7. The van der Waals surface area contributed by atoms with Crippen molar-refractivity contribution in [2.45, 2.75) is 92.1 Å². The van der Waals surface area contributed by atoms with Crippen LogP contribution in [-0.2, 0) is 30.2 Å². The van der Waals surface area contributed by atoms with Gasteiger partial charge in [0.15, 0.2) is 6.04 Å². The van der Waals surface area contributed by atoms with Crippen molar-refractivity contribution in [2.75, 3.05) is 19.8 Å². The summed E-state index contributed by atoms with van der Waals surface area (Å²) in [7, 11) is 0. The smallest absolute Gasteiger partial charge is 0.420 e. The van der Waals surface area contributed by atoms with Gasteiger partial charge in [-0.1, -0.05) is 65.0 Å². The van der Waals surface area contributed by atoms with Crippen molar-refractivity contribution >= 4 is 18.2 Å². The summed E-state index contributed by atoms with van der Waals surface area (Å²) in [5.41, 5.74) is -0.0621. The van der Waals surface area contributed by atoms with E-state index >= 15 is 0 Å². The highest BCUT2D eigenvalue weighted by molar-refractivity contribution is 5.93. The summed E-state index contributed by atoms with van der Waals surface area (Å²) in [5.74, 6) is -0.803. The van der Waals surface area contributed by atoms with Crippen molar-refractivity contribution in [2.24, 2.45) is 17.3 Å². The van der Waals surface area contributed by atoms with Gasteiger partial charge in [-0.3, -0.25) is 0 Å². The van der Waals surface area contributed by atoms with Gasteiger partial charge < -0.3 is 24.1 Å². The van der Waals surface area contributed by atoms with Crippen LogP contribution in [0.4, 0.5) is 9.59 Å². The highest BCUT2D eigenvalue weighted by Crippen LogP contribution is 2.30. The molecule has 0 bridgehead atoms. The fraction of sp³-hybridized carbons (Fsp3) is 0.690. The number of esters is 1. The van der Waals surface area contributed by atoms with Crippen LogP contribution in [0.1, 0.15) is 67.4 Å². The molecule has 1 heterocycles. The van der Waals surface area contributed by atoms with E-state index in [0.717, 1.165) is 5.56 Å². The molecule has 214 valence electrons. The van der Waals surface area contributed by atoms with Crippen molar-refractivity contribution in [1.82, 2.24) is 4.90 Å². The van der Waals surface area contributed by atoms with E-state index in [9.17, 15) is 19.5 Å². The number of nitrogens with zero attached hydrogens (tertiary/aromatic N) is 1. The average Bonchev–Trinajstić information content (AvgIpc) is 2.80. The minimum absolute atomic E-state index is 0.173. The number of hydrogen-bond acceptors (Lipinski definition) is 7. The second-order valence-electron chi connectivity index (χ2n) is 12.4. The van der Waals surface area contributed by atoms with Crippen molar-refractivity contribution in [1.29, 1.82) is 0 Å². The molecule has 0 saturated carbocycles. The van der Waals surface area contributed by atoms with Gasteiger partial charge in [-0.05, 0) is 50.5 Å². The number of rotatable bonds is 8. The van der Waals surface area contributed by atoms with Gasteiger partial charge in [0, 0.05) is 12.5 Å². The standard InChI is InChI=1S/C29H45NO8/c1-19(2)15-36-24-20(3)37-25(31)23(17-35-16-22(24)14-21-12-10-9-11-13-21)30(26(32)33)27(34)38-29(7,8)18-28(4,5)6/h9-13,19-20,22-24H,14-18H2,1-8H3,(H,32,33)/t20-,22-,23-,24-/m0/s1. The molecule has 0 aromatic heterocycles. The number of imide groups is 1. The Morgan fingerprint density at radius 3 is 2.29 bits per heavy atom. The Bertz CT molecular complexity index is 924. The molecule has 9 nitrogen and oxygen atoms in total. The predicted octanol–water partition coefficient (Wildman–Crippen LogP) is 5.55. The normalized spacial score (nSPS) is 23.1. The van der Waals surface area contributed by atoms with Crippen molar-refractivity contribution in [3.63, 3.8) is 0 Å². The molecule has 1 N–H and O–H groups in total. The molecule has 1 aromatic rings. The Morgan fingerprint density at radius 2 is 1.74 bits per heavy atom. The highest BCUT2D eigenvalue weighted by atomic mass is 16.6. The maximum Gasteiger partial charge on any atom is 0.420 e. The predicted molar refractivity (Wildman–Crippen MR) is 143 cm³/mol. The quantitative estimate of drug-likeness (QED) is 0.432. The third-order valence-electron chi connectivity index (χ3n) is 6.11. The highest BCUT2D eigenvalue weighted by Gasteiger charge is 2.43. The summed E-state index contributed by atoms with van der Waals surface area (Å²) in [6.45, 7) is 15.5. The number of carbonyl (C=O) groups is 3. The van der Waals surface area contributed by atoms with Crippen LogP contribution in [0.25, 0.3) is 0 Å². The van der Waals surface area contributed by atoms with Gasteiger partial charge in [-0.15, -0.1) is 0 Å². The zero-order valence-corrected chi connectivity index (χ0v) is 24.1. The first kappa shape index (κ1) is 31.6. The van der Waals surface area contributed by atoms with E-state index in [1.807, 2.05) is 65.0 Å². The Hall–Kier alpha value is -2.65. The molecule has 9 heteroatoms. The third-order valence-corrected chi connectivity index (χ3v) is 6.11. The fourth-order valence-electron chi connectivity index (χ4n) is 4.99. The van der Waals surface area contributed by atoms with Crippen molar-refractivity contribution in [3.8, 4) is 0 Å². The van der Waals surface area contributed by atoms with Crippen LogP contribution < -0.4 is 0 Å². The topological polar surface area (TPSA) is 112 Å². The average molecular weight is 536 g/mol. The molecule has 2 rings (SSSR count). The molecular weight excluding hydrogens is 490 g/mol. The second kappa shape index (κ2) is 13.4. The summed E-state index contributed by atoms with van der Waals surface area (Å²) < 4.78 is 23.4. The van der Waals surface area contributed by atoms with E-state index < -0.39 is 42.0 Å². The lowest BCUT2D eigenvalue weighted by Crippen LogP contribution is -2.53. The van der Waals surface area contributed by atoms with E-state index in [1.54, 1.807) is 20.8 Å². The summed E-state index contributed by atoms with van der Waals surface area (Å²) in [5, 5.41) is 9.92. The molecule has 0 spiro atoms. The first-order chi connectivity index (χ1) is 17.6. The summed E-state index contributed by atoms with van der Waals surface area (Å²) in [6.07, 6.45) is -2.86. The van der Waals surface area contributed by atoms with Crippen molar-refractivity contribution < 1.29 is 38.4 Å². The Balaban J connectivity index is 2.30. The van der Waals surface area contributed by atoms with Crippen LogP contribution >= 0.6 is 0 Å². The van der Waals surface area contributed by atoms with Crippen LogP contribution in [0.15, 0.2) is 30.3 Å². The van der Waals surface area contributed by atoms with Gasteiger partial charge in [0.2, 0.25) is 0 Å². The van der Waals surface area contributed by atoms with Crippen LogP contribution in [-0.4, -0.2) is 71.8 Å². The first-order valence-electron chi connectivity index (χ1n) is 13.3. The number of amides is 2. The van der Waals surface area contributed by atoms with Crippen LogP contribution in [0.5, 0.6) is 0 Å². The SMILES string of the molecule is CC(C)CO[C@@H]1[C@@H](Cc2ccccc2)COC[C@H](N(C(=O)O)C(=O)OC(C)(C)CC(C)(C)C)C(=O)O[C@H]1C. The molecule has 1 aliphatic heterocycles. The number of carbonyl (C=O) groups excluding carboxylic acids is 2. The minimum atomic E-state index is -1.62. The second-order valence-corrected chi connectivity index (χ2v) is 12.4. The van der Waals surface area contributed by atoms with Gasteiger partial charge in [0.1, 0.15) is 11.7 Å². The van der Waals surface area contributed by atoms with Gasteiger partial charge in [-0.25, -0.2) is 14.4 Å². The molecule has 1 saturated heterocycles. The molecular formula is C29H45NO8. The maximum absolute atomic E-state index is 13.3. The lowest BCUT2D eigenvalue weighted by Gasteiger charge is -2.34. The molecule has 1 aliphatic rings. The minimum Gasteiger partial charge on any atom is -0.464 e. The van der Waals surface area contributed by atoms with Gasteiger partial charge in [-0.2, -0.15) is 4.90 Å². The number of carboxylic acid groups (broad SMARTS) is 1. The molecule has 0 unspecified atom stereocenters. The largest absolute Gasteiger partial charge is 0.464 e. The number of hydrogen-bond donors (Lipinski definition) is 1. The van der Waals surface area contributed by atoms with Crippen molar-refractivity contribution in [3.05, 3.63) is 35.9 Å². The van der Waals surface area contributed by atoms with Gasteiger partial charge in [0.25, 0.3) is 0 Å². The van der Waals surface area contributed by atoms with Gasteiger partial charge >= 0.3 is 18.2 Å². The summed E-state index contributed by atoms with van der Waals surface area (Å²) in [6, 6.07) is 8.33. The zero-order valence-electron chi connectivity index (χ0n) is 24.1. The molecule has 0 aliphatic carbocycles. The lowest BCUT2D eigenvalue weighted by atomic mass is 9.84. The Morgan fingerprint density at radius 1 is 1.11 bits per heavy atom. The molecule has 1 aromatic carbocycles. The first-order valence-corrected chi connectivity index (χ1v) is 13.3. The monoisotopic (exact) mass is 535 g/mol. The van der Waals surface area contributed by atoms with E-state index in [0.29, 0.717) is 24.3 Å². The van der Waals surface area contributed by atoms with E-state index in [-0.39, 0.29) is 30.5 Å². The van der Waals surface area contributed by atoms with Crippen LogP contribution in [0.3, 0.4) is 0 Å². The van der Waals surface area contributed by atoms with Crippen LogP contribution in [0, 0.1) is 17.3 Å². The fourth-order valence-corrected chi connectivity index (χ4v) is 4.99. The number of benzene rings is 1. The van der Waals surface area contributed by atoms with E-state index in [4.69, 9.17) is 18.9 Å². The molecule has 4 atom stereocenters. The Kier molecular flexibility index (Phi) is 11.2. The summed E-state index contributed by atoms with van der Waals surface area (Å²) in [4.78, 5) is 38.9. The molecule has 0 radical (unpaired) electrons. The molecule has 38 heavy (non-hydrogen) atoms. The maximum atomic E-state index is 13.3. The Labute approximate surface area is 226 Å². The van der Waals surface area contributed by atoms with E-state index in [1.165, 1.54) is 0 Å². The number of ether oxygens (including phenoxy) is 4. The summed E-state index contributed by atoms with van der Waals surface area (Å²) >= 11 is 0. The molecule has 2 amide bonds. The molecule has 1 fully saturated rings. The van der Waals surface area contributed by atoms with Crippen LogP contribution in [0.2, 0.25) is 0 Å². The number of cyclic esters (lactones) is 1. The van der Waals surface area contributed by atoms with Gasteiger partial charge in [0.05, 0.1) is 19.3 Å². The lowest BCUT2D eigenvalue weighted by molar-refractivity contribution is -0.164.